The summed E-state index contributed by atoms with van der Waals surface area (Å²) in [4.78, 5) is 11.7. The molecule has 0 aliphatic heterocycles. The number of aliphatic hydroxyl groups is 1. The molecule has 2 N–H and O–H groups in total. The Morgan fingerprint density at radius 3 is 2.30 bits per heavy atom. The van der Waals surface area contributed by atoms with Gasteiger partial charge in [-0.25, -0.2) is 0 Å². The molecule has 0 aliphatic rings. The summed E-state index contributed by atoms with van der Waals surface area (Å²) in [6, 6.07) is 7.57. The molecule has 1 amide bonds. The van der Waals surface area contributed by atoms with Gasteiger partial charge in [0.25, 0.3) is 5.91 Å². The zero-order valence-electron chi connectivity index (χ0n) is 12.7. The van der Waals surface area contributed by atoms with Crippen molar-refractivity contribution in [3.63, 3.8) is 0 Å². The van der Waals surface area contributed by atoms with E-state index >= 15 is 0 Å². The van der Waals surface area contributed by atoms with E-state index < -0.39 is 0 Å². The number of carbonyl (C=O) groups excluding carboxylic acids is 1. The predicted octanol–water partition coefficient (Wildman–Crippen LogP) is 2.15. The van der Waals surface area contributed by atoms with Crippen LogP contribution in [0, 0.1) is 5.92 Å². The summed E-state index contributed by atoms with van der Waals surface area (Å²) in [5.41, 5.74) is 1.05. The van der Waals surface area contributed by atoms with Crippen molar-refractivity contribution in [2.75, 3.05) is 6.61 Å². The summed E-state index contributed by atoms with van der Waals surface area (Å²) in [5, 5.41) is 12.2. The summed E-state index contributed by atoms with van der Waals surface area (Å²) in [5.74, 6) is 0.949. The lowest BCUT2D eigenvalue weighted by Gasteiger charge is -2.17. The van der Waals surface area contributed by atoms with Crippen molar-refractivity contribution in [3.05, 3.63) is 29.8 Å². The minimum Gasteiger partial charge on any atom is -0.484 e. The summed E-state index contributed by atoms with van der Waals surface area (Å²) in [6.07, 6.45) is 0.261. The molecule has 20 heavy (non-hydrogen) atoms. The van der Waals surface area contributed by atoms with Crippen molar-refractivity contribution in [3.8, 4) is 5.75 Å². The number of hydrogen-bond acceptors (Lipinski definition) is 3. The molecule has 2 unspecified atom stereocenters. The molecule has 0 saturated heterocycles. The highest BCUT2D eigenvalue weighted by Crippen LogP contribution is 2.13. The molecule has 1 aromatic carbocycles. The van der Waals surface area contributed by atoms with Gasteiger partial charge in [-0.1, -0.05) is 26.0 Å². The van der Waals surface area contributed by atoms with Crippen molar-refractivity contribution in [2.24, 2.45) is 5.92 Å². The van der Waals surface area contributed by atoms with E-state index in [4.69, 9.17) is 4.74 Å². The summed E-state index contributed by atoms with van der Waals surface area (Å²) in [7, 11) is 0. The highest BCUT2D eigenvalue weighted by atomic mass is 16.5. The van der Waals surface area contributed by atoms with Crippen LogP contribution < -0.4 is 10.1 Å². The Morgan fingerprint density at radius 1 is 1.20 bits per heavy atom. The zero-order valence-corrected chi connectivity index (χ0v) is 12.7. The van der Waals surface area contributed by atoms with Gasteiger partial charge in [0, 0.05) is 6.04 Å². The standard InChI is InChI=1S/C16H25NO3/c1-11(2)13(4)17-16(19)10-20-15-7-5-14(6-8-15)9-12(3)18/h5-8,11-13,18H,9-10H2,1-4H3,(H,17,19). The molecule has 0 aliphatic carbocycles. The van der Waals surface area contributed by atoms with Gasteiger partial charge in [0.1, 0.15) is 5.75 Å². The number of aliphatic hydroxyl groups excluding tert-OH is 1. The lowest BCUT2D eigenvalue weighted by molar-refractivity contribution is -0.124. The molecule has 0 radical (unpaired) electrons. The maximum Gasteiger partial charge on any atom is 0.258 e. The van der Waals surface area contributed by atoms with Crippen LogP contribution in [0.5, 0.6) is 5.75 Å². The second-order valence-corrected chi connectivity index (χ2v) is 5.59. The van der Waals surface area contributed by atoms with Crippen molar-refractivity contribution >= 4 is 5.91 Å². The van der Waals surface area contributed by atoms with Gasteiger partial charge in [-0.3, -0.25) is 4.79 Å². The van der Waals surface area contributed by atoms with Crippen LogP contribution >= 0.6 is 0 Å². The minimum absolute atomic E-state index is 0.0206. The lowest BCUT2D eigenvalue weighted by atomic mass is 10.1. The van der Waals surface area contributed by atoms with Crippen LogP contribution in [0.1, 0.15) is 33.3 Å². The predicted molar refractivity (Wildman–Crippen MR) is 79.8 cm³/mol. The average molecular weight is 279 g/mol. The molecule has 0 heterocycles. The van der Waals surface area contributed by atoms with E-state index in [1.165, 1.54) is 0 Å². The van der Waals surface area contributed by atoms with Gasteiger partial charge < -0.3 is 15.2 Å². The number of ether oxygens (including phenoxy) is 1. The molecule has 1 aromatic rings. The number of hydrogen-bond donors (Lipinski definition) is 2. The van der Waals surface area contributed by atoms with Crippen LogP contribution in [0.4, 0.5) is 0 Å². The molecular formula is C16H25NO3. The topological polar surface area (TPSA) is 58.6 Å². The van der Waals surface area contributed by atoms with E-state index in [0.717, 1.165) is 5.56 Å². The van der Waals surface area contributed by atoms with Gasteiger partial charge in [-0.2, -0.15) is 0 Å². The second kappa shape index (κ2) is 7.90. The molecule has 0 aromatic heterocycles. The van der Waals surface area contributed by atoms with Crippen molar-refractivity contribution in [1.82, 2.24) is 5.32 Å². The van der Waals surface area contributed by atoms with Crippen LogP contribution in [-0.4, -0.2) is 29.8 Å². The van der Waals surface area contributed by atoms with Gasteiger partial charge in [-0.15, -0.1) is 0 Å². The number of rotatable bonds is 7. The maximum absolute atomic E-state index is 11.7. The van der Waals surface area contributed by atoms with E-state index in [9.17, 15) is 9.90 Å². The van der Waals surface area contributed by atoms with Crippen LogP contribution in [0.25, 0.3) is 0 Å². The highest BCUT2D eigenvalue weighted by molar-refractivity contribution is 5.77. The maximum atomic E-state index is 11.7. The first-order chi connectivity index (χ1) is 9.38. The van der Waals surface area contributed by atoms with Gasteiger partial charge in [-0.05, 0) is 43.9 Å². The summed E-state index contributed by atoms with van der Waals surface area (Å²) >= 11 is 0. The Balaban J connectivity index is 2.40. The highest BCUT2D eigenvalue weighted by Gasteiger charge is 2.11. The molecule has 0 fully saturated rings. The molecule has 0 saturated carbocycles. The Hall–Kier alpha value is -1.55. The second-order valence-electron chi connectivity index (χ2n) is 5.59. The monoisotopic (exact) mass is 279 g/mol. The average Bonchev–Trinajstić information content (AvgIpc) is 2.37. The molecule has 0 spiro atoms. The van der Waals surface area contributed by atoms with Crippen molar-refractivity contribution < 1.29 is 14.6 Å². The van der Waals surface area contributed by atoms with E-state index in [1.54, 1.807) is 6.92 Å². The number of benzene rings is 1. The Bertz CT molecular complexity index is 412. The largest absolute Gasteiger partial charge is 0.484 e. The summed E-state index contributed by atoms with van der Waals surface area (Å²) in [6.45, 7) is 7.88. The van der Waals surface area contributed by atoms with Gasteiger partial charge in [0.2, 0.25) is 0 Å². The number of nitrogens with one attached hydrogen (secondary N) is 1. The SMILES string of the molecule is CC(O)Cc1ccc(OCC(=O)NC(C)C(C)C)cc1. The molecule has 112 valence electrons. The Kier molecular flexibility index (Phi) is 6.52. The smallest absolute Gasteiger partial charge is 0.258 e. The Labute approximate surface area is 121 Å². The first-order valence-electron chi connectivity index (χ1n) is 7.07. The van der Waals surface area contributed by atoms with E-state index in [-0.39, 0.29) is 24.7 Å². The molecule has 0 bridgehead atoms. The molecule has 4 nitrogen and oxygen atoms in total. The van der Waals surface area contributed by atoms with E-state index in [2.05, 4.69) is 19.2 Å². The summed E-state index contributed by atoms with van der Waals surface area (Å²) < 4.78 is 5.43. The van der Waals surface area contributed by atoms with Crippen LogP contribution in [0.2, 0.25) is 0 Å². The number of amides is 1. The first-order valence-corrected chi connectivity index (χ1v) is 7.07. The van der Waals surface area contributed by atoms with Gasteiger partial charge in [0.15, 0.2) is 6.61 Å². The van der Waals surface area contributed by atoms with Crippen LogP contribution in [0.3, 0.4) is 0 Å². The molecular weight excluding hydrogens is 254 g/mol. The third kappa shape index (κ3) is 6.06. The molecule has 1 rings (SSSR count). The van der Waals surface area contributed by atoms with E-state index in [1.807, 2.05) is 31.2 Å². The van der Waals surface area contributed by atoms with Crippen molar-refractivity contribution in [1.29, 1.82) is 0 Å². The Morgan fingerprint density at radius 2 is 1.80 bits per heavy atom. The normalized spacial score (nSPS) is 13.9. The van der Waals surface area contributed by atoms with Crippen LogP contribution in [-0.2, 0) is 11.2 Å². The third-order valence-corrected chi connectivity index (χ3v) is 3.21. The minimum atomic E-state index is -0.356. The van der Waals surface area contributed by atoms with E-state index in [0.29, 0.717) is 18.1 Å². The zero-order chi connectivity index (χ0) is 15.1. The van der Waals surface area contributed by atoms with Gasteiger partial charge >= 0.3 is 0 Å². The molecule has 2 atom stereocenters. The fourth-order valence-electron chi connectivity index (χ4n) is 1.67. The van der Waals surface area contributed by atoms with Gasteiger partial charge in [0.05, 0.1) is 6.10 Å². The third-order valence-electron chi connectivity index (χ3n) is 3.21. The first kappa shape index (κ1) is 16.5. The van der Waals surface area contributed by atoms with Crippen molar-refractivity contribution in [2.45, 2.75) is 46.3 Å². The molecule has 4 heteroatoms. The number of carbonyl (C=O) groups is 1. The lowest BCUT2D eigenvalue weighted by Crippen LogP contribution is -2.38. The van der Waals surface area contributed by atoms with Crippen LogP contribution in [0.15, 0.2) is 24.3 Å². The fraction of sp³-hybridized carbons (Fsp3) is 0.562. The fourth-order valence-corrected chi connectivity index (χ4v) is 1.67. The quantitative estimate of drug-likeness (QED) is 0.804.